The van der Waals surface area contributed by atoms with Gasteiger partial charge in [0, 0.05) is 24.4 Å². The molecule has 2 aromatic rings. The fourth-order valence-electron chi connectivity index (χ4n) is 2.92. The molecule has 1 fully saturated rings. The number of halogens is 2. The molecule has 156 valence electrons. The first-order valence-electron chi connectivity index (χ1n) is 8.76. The highest BCUT2D eigenvalue weighted by molar-refractivity contribution is 7.89. The zero-order valence-electron chi connectivity index (χ0n) is 15.8. The molecule has 1 aliphatic rings. The van der Waals surface area contributed by atoms with Crippen molar-refractivity contribution in [2.75, 3.05) is 25.6 Å². The second-order valence-corrected chi connectivity index (χ2v) is 8.27. The Kier molecular flexibility index (Phi) is 6.15. The monoisotopic (exact) mass is 426 g/mol. The van der Waals surface area contributed by atoms with Crippen LogP contribution in [0.25, 0.3) is 0 Å². The van der Waals surface area contributed by atoms with Crippen LogP contribution in [0.5, 0.6) is 5.75 Å². The highest BCUT2D eigenvalue weighted by Crippen LogP contribution is 2.27. The van der Waals surface area contributed by atoms with E-state index in [2.05, 4.69) is 10.0 Å². The van der Waals surface area contributed by atoms with Gasteiger partial charge in [0.05, 0.1) is 19.3 Å². The first-order chi connectivity index (χ1) is 13.7. The molecule has 1 heterocycles. The summed E-state index contributed by atoms with van der Waals surface area (Å²) >= 11 is 0. The van der Waals surface area contributed by atoms with Crippen molar-refractivity contribution in [3.63, 3.8) is 0 Å². The first-order valence-corrected chi connectivity index (χ1v) is 10.2. The zero-order valence-corrected chi connectivity index (χ0v) is 16.6. The fourth-order valence-corrected chi connectivity index (χ4v) is 4.26. The maximum Gasteiger partial charge on any atom is 0.259 e. The van der Waals surface area contributed by atoms with E-state index in [-0.39, 0.29) is 17.9 Å². The Hall–Kier alpha value is -2.56. The summed E-state index contributed by atoms with van der Waals surface area (Å²) < 4.78 is 65.6. The number of hydrogen-bond donors (Lipinski definition) is 2. The molecule has 1 aliphatic heterocycles. The number of methoxy groups -OCH3 is 1. The summed E-state index contributed by atoms with van der Waals surface area (Å²) in [6.07, 6.45) is 0.467. The Morgan fingerprint density at radius 2 is 1.97 bits per heavy atom. The molecule has 29 heavy (non-hydrogen) atoms. The maximum absolute atomic E-state index is 14.5. The molecule has 2 N–H and O–H groups in total. The molecule has 1 atom stereocenters. The predicted molar refractivity (Wildman–Crippen MR) is 102 cm³/mol. The van der Waals surface area contributed by atoms with Crippen molar-refractivity contribution in [1.29, 1.82) is 0 Å². The minimum Gasteiger partial charge on any atom is -0.496 e. The Balaban J connectivity index is 1.93. The molecule has 0 unspecified atom stereocenters. The van der Waals surface area contributed by atoms with Crippen LogP contribution < -0.4 is 14.8 Å². The number of rotatable bonds is 6. The van der Waals surface area contributed by atoms with E-state index in [9.17, 15) is 22.0 Å². The van der Waals surface area contributed by atoms with E-state index in [1.54, 1.807) is 0 Å². The number of carbonyl (C=O) groups excluding carboxylic acids is 1. The van der Waals surface area contributed by atoms with Crippen LogP contribution in [0.1, 0.15) is 22.3 Å². The van der Waals surface area contributed by atoms with E-state index >= 15 is 0 Å². The minimum atomic E-state index is -4.23. The second-order valence-electron chi connectivity index (χ2n) is 6.58. The van der Waals surface area contributed by atoms with Crippen LogP contribution in [0, 0.1) is 18.6 Å². The van der Waals surface area contributed by atoms with Crippen LogP contribution >= 0.6 is 0 Å². The zero-order chi connectivity index (χ0) is 21.2. The normalized spacial score (nSPS) is 16.6. The van der Waals surface area contributed by atoms with Crippen LogP contribution in [0.2, 0.25) is 0 Å². The van der Waals surface area contributed by atoms with Gasteiger partial charge in [-0.15, -0.1) is 0 Å². The molecular weight excluding hydrogens is 406 g/mol. The molecule has 0 aliphatic carbocycles. The van der Waals surface area contributed by atoms with Crippen LogP contribution in [0.3, 0.4) is 0 Å². The molecule has 0 spiro atoms. The van der Waals surface area contributed by atoms with Gasteiger partial charge in [-0.1, -0.05) is 0 Å². The number of benzene rings is 2. The van der Waals surface area contributed by atoms with Gasteiger partial charge in [-0.3, -0.25) is 4.79 Å². The lowest BCUT2D eigenvalue weighted by Crippen LogP contribution is -2.35. The molecule has 3 rings (SSSR count). The van der Waals surface area contributed by atoms with Gasteiger partial charge in [0.25, 0.3) is 5.91 Å². The number of aryl methyl sites for hydroxylation is 1. The van der Waals surface area contributed by atoms with Gasteiger partial charge < -0.3 is 14.8 Å². The summed E-state index contributed by atoms with van der Waals surface area (Å²) in [5.74, 6) is -2.35. The lowest BCUT2D eigenvalue weighted by atomic mass is 10.1. The summed E-state index contributed by atoms with van der Waals surface area (Å²) in [7, 11) is -3.00. The number of nitrogens with one attached hydrogen (secondary N) is 2. The predicted octanol–water partition coefficient (Wildman–Crippen LogP) is 2.60. The highest BCUT2D eigenvalue weighted by Gasteiger charge is 2.28. The molecule has 1 amide bonds. The van der Waals surface area contributed by atoms with E-state index in [1.807, 2.05) is 0 Å². The third-order valence-corrected chi connectivity index (χ3v) is 5.99. The third-order valence-electron chi connectivity index (χ3n) is 4.46. The van der Waals surface area contributed by atoms with Gasteiger partial charge in [0.15, 0.2) is 0 Å². The van der Waals surface area contributed by atoms with Crippen LogP contribution in [0.15, 0.2) is 35.2 Å². The van der Waals surface area contributed by atoms with Crippen molar-refractivity contribution in [3.05, 3.63) is 53.1 Å². The Bertz CT molecular complexity index is 1040. The largest absolute Gasteiger partial charge is 0.496 e. The summed E-state index contributed by atoms with van der Waals surface area (Å²) in [5.41, 5.74) is 0.435. The number of ether oxygens (including phenoxy) is 2. The number of anilines is 1. The number of sulfonamides is 1. The molecule has 0 saturated carbocycles. The molecule has 0 aromatic heterocycles. The van der Waals surface area contributed by atoms with Gasteiger partial charge in [-0.05, 0) is 43.2 Å². The van der Waals surface area contributed by atoms with Crippen LogP contribution in [0.4, 0.5) is 14.5 Å². The van der Waals surface area contributed by atoms with Crippen molar-refractivity contribution in [2.24, 2.45) is 0 Å². The van der Waals surface area contributed by atoms with Gasteiger partial charge in [-0.25, -0.2) is 21.9 Å². The number of hydrogen-bond acceptors (Lipinski definition) is 5. The number of carbonyl (C=O) groups is 1. The van der Waals surface area contributed by atoms with Crippen molar-refractivity contribution < 1.29 is 31.5 Å². The van der Waals surface area contributed by atoms with E-state index in [4.69, 9.17) is 9.47 Å². The van der Waals surface area contributed by atoms with Gasteiger partial charge in [0.1, 0.15) is 22.3 Å². The summed E-state index contributed by atoms with van der Waals surface area (Å²) in [5, 5.41) is 2.53. The maximum atomic E-state index is 14.5. The quantitative estimate of drug-likeness (QED) is 0.741. The first kappa shape index (κ1) is 21.2. The SMILES string of the molecule is COc1cc(F)c(S(=O)(=O)N[C@H]2CCOC2)cc1C(=O)Nc1ccc(F)c(C)c1. The van der Waals surface area contributed by atoms with E-state index in [0.29, 0.717) is 24.3 Å². The lowest BCUT2D eigenvalue weighted by Gasteiger charge is -2.15. The highest BCUT2D eigenvalue weighted by atomic mass is 32.2. The van der Waals surface area contributed by atoms with Crippen molar-refractivity contribution >= 4 is 21.6 Å². The molecule has 0 radical (unpaired) electrons. The summed E-state index contributed by atoms with van der Waals surface area (Å²) in [4.78, 5) is 12.0. The van der Waals surface area contributed by atoms with E-state index < -0.39 is 38.5 Å². The topological polar surface area (TPSA) is 93.7 Å². The molecular formula is C19H20F2N2O5S. The Morgan fingerprint density at radius 3 is 2.59 bits per heavy atom. The summed E-state index contributed by atoms with van der Waals surface area (Å²) in [6.45, 7) is 2.13. The summed E-state index contributed by atoms with van der Waals surface area (Å²) in [6, 6.07) is 5.25. The minimum absolute atomic E-state index is 0.137. The van der Waals surface area contributed by atoms with Crippen molar-refractivity contribution in [3.8, 4) is 5.75 Å². The average Bonchev–Trinajstić information content (AvgIpc) is 3.16. The molecule has 1 saturated heterocycles. The molecule has 10 heteroatoms. The molecule has 7 nitrogen and oxygen atoms in total. The van der Waals surface area contributed by atoms with E-state index in [0.717, 1.165) is 12.1 Å². The molecule has 2 aromatic carbocycles. The van der Waals surface area contributed by atoms with Crippen LogP contribution in [-0.4, -0.2) is 40.7 Å². The number of amides is 1. The van der Waals surface area contributed by atoms with Gasteiger partial charge in [-0.2, -0.15) is 0 Å². The standard InChI is InChI=1S/C19H20F2N2O5S/c1-11-7-12(3-4-15(11)20)22-19(24)14-8-18(16(21)9-17(14)27-2)29(25,26)23-13-5-6-28-10-13/h3-4,7-9,13,23H,5-6,10H2,1-2H3,(H,22,24)/t13-/m0/s1. The second kappa shape index (κ2) is 8.44. The van der Waals surface area contributed by atoms with Gasteiger partial charge >= 0.3 is 0 Å². The third kappa shape index (κ3) is 4.72. The van der Waals surface area contributed by atoms with Crippen LogP contribution in [-0.2, 0) is 14.8 Å². The fraction of sp³-hybridized carbons (Fsp3) is 0.316. The Labute approximate surface area is 167 Å². The van der Waals surface area contributed by atoms with Gasteiger partial charge in [0.2, 0.25) is 10.0 Å². The van der Waals surface area contributed by atoms with Crippen molar-refractivity contribution in [1.82, 2.24) is 4.72 Å². The van der Waals surface area contributed by atoms with E-state index in [1.165, 1.54) is 32.2 Å². The van der Waals surface area contributed by atoms with Crippen molar-refractivity contribution in [2.45, 2.75) is 24.3 Å². The Morgan fingerprint density at radius 1 is 1.21 bits per heavy atom. The average molecular weight is 426 g/mol. The lowest BCUT2D eigenvalue weighted by molar-refractivity contribution is 0.102. The molecule has 0 bridgehead atoms. The smallest absolute Gasteiger partial charge is 0.259 e.